The Kier molecular flexibility index (Phi) is 6.44. The van der Waals surface area contributed by atoms with Crippen LogP contribution in [0.3, 0.4) is 0 Å². The number of carbonyl (C=O) groups is 1. The molecule has 0 atom stereocenters. The number of carbonyl (C=O) groups excluding carboxylic acids is 1. The number of hydrogen-bond acceptors (Lipinski definition) is 3. The van der Waals surface area contributed by atoms with E-state index in [9.17, 15) is 4.79 Å². The summed E-state index contributed by atoms with van der Waals surface area (Å²) in [7, 11) is 1.87. The van der Waals surface area contributed by atoms with Crippen molar-refractivity contribution in [3.05, 3.63) is 64.2 Å². The van der Waals surface area contributed by atoms with E-state index >= 15 is 0 Å². The fraction of sp³-hybridized carbons (Fsp3) is 0.458. The molecule has 3 rings (SSSR count). The lowest BCUT2D eigenvalue weighted by molar-refractivity contribution is -0.129. The second-order valence-electron chi connectivity index (χ2n) is 8.55. The number of likely N-dealkylation sites (N-methyl/N-ethyl adjacent to an activating group) is 1. The summed E-state index contributed by atoms with van der Waals surface area (Å²) < 4.78 is 3.98. The van der Waals surface area contributed by atoms with E-state index in [2.05, 4.69) is 32.8 Å². The summed E-state index contributed by atoms with van der Waals surface area (Å²) in [6, 6.07) is 10.1. The van der Waals surface area contributed by atoms with Crippen LogP contribution in [-0.4, -0.2) is 37.4 Å². The fourth-order valence-corrected chi connectivity index (χ4v) is 3.85. The van der Waals surface area contributed by atoms with Crippen LogP contribution in [0.15, 0.2) is 30.3 Å². The second kappa shape index (κ2) is 8.86. The average Bonchev–Trinajstić information content (AvgIpc) is 3.12. The molecule has 2 heterocycles. The van der Waals surface area contributed by atoms with Crippen LogP contribution in [0.2, 0.25) is 0 Å². The minimum atomic E-state index is 0.0940. The molecule has 0 saturated heterocycles. The van der Waals surface area contributed by atoms with Crippen LogP contribution in [0, 0.1) is 33.6 Å². The molecular weight excluding hydrogens is 374 g/mol. The molecule has 0 bridgehead atoms. The van der Waals surface area contributed by atoms with Crippen molar-refractivity contribution in [2.24, 2.45) is 5.92 Å². The van der Waals surface area contributed by atoms with Crippen LogP contribution in [0.1, 0.15) is 47.8 Å². The minimum Gasteiger partial charge on any atom is -0.341 e. The molecular formula is C24H33N5O. The molecule has 1 aromatic carbocycles. The summed E-state index contributed by atoms with van der Waals surface area (Å²) in [5.74, 6) is 0.609. The van der Waals surface area contributed by atoms with Gasteiger partial charge in [-0.15, -0.1) is 0 Å². The van der Waals surface area contributed by atoms with Gasteiger partial charge in [0.2, 0.25) is 5.91 Å². The largest absolute Gasteiger partial charge is 0.341 e. The van der Waals surface area contributed by atoms with Gasteiger partial charge in [0.15, 0.2) is 0 Å². The Morgan fingerprint density at radius 2 is 1.60 bits per heavy atom. The molecule has 0 aliphatic heterocycles. The standard InChI is InChI=1S/C24H33N5O/c1-16(2)14-28-19(5)22(17(3)25-28)13-24(30)27(7)15-23-18(4)26-29(20(23)6)21-11-9-8-10-12-21/h8-12,16H,13-15H2,1-7H3. The van der Waals surface area contributed by atoms with Crippen LogP contribution in [0.25, 0.3) is 5.69 Å². The molecule has 160 valence electrons. The van der Waals surface area contributed by atoms with Gasteiger partial charge in [0.25, 0.3) is 0 Å². The average molecular weight is 408 g/mol. The zero-order valence-corrected chi connectivity index (χ0v) is 19.2. The highest BCUT2D eigenvalue weighted by Gasteiger charge is 2.20. The highest BCUT2D eigenvalue weighted by Crippen LogP contribution is 2.21. The highest BCUT2D eigenvalue weighted by molar-refractivity contribution is 5.79. The summed E-state index contributed by atoms with van der Waals surface area (Å²) >= 11 is 0. The first-order valence-corrected chi connectivity index (χ1v) is 10.6. The Labute approximate surface area is 179 Å². The van der Waals surface area contributed by atoms with Gasteiger partial charge in [-0.2, -0.15) is 10.2 Å². The summed E-state index contributed by atoms with van der Waals surface area (Å²) in [6.45, 7) is 13.9. The quantitative estimate of drug-likeness (QED) is 0.591. The van der Waals surface area contributed by atoms with Crippen molar-refractivity contribution >= 4 is 5.91 Å². The Morgan fingerprint density at radius 3 is 2.23 bits per heavy atom. The fourth-order valence-electron chi connectivity index (χ4n) is 3.85. The van der Waals surface area contributed by atoms with E-state index in [4.69, 9.17) is 5.10 Å². The molecule has 6 heteroatoms. The number of aryl methyl sites for hydroxylation is 2. The zero-order valence-electron chi connectivity index (χ0n) is 19.2. The van der Waals surface area contributed by atoms with Crippen LogP contribution in [-0.2, 0) is 24.3 Å². The van der Waals surface area contributed by atoms with Crippen LogP contribution >= 0.6 is 0 Å². The topological polar surface area (TPSA) is 56.0 Å². The molecule has 3 aromatic rings. The van der Waals surface area contributed by atoms with E-state index in [1.165, 1.54) is 0 Å². The maximum atomic E-state index is 13.0. The summed E-state index contributed by atoms with van der Waals surface area (Å²) in [4.78, 5) is 14.8. The van der Waals surface area contributed by atoms with Crippen molar-refractivity contribution in [1.82, 2.24) is 24.5 Å². The number of hydrogen-bond donors (Lipinski definition) is 0. The molecule has 0 N–H and O–H groups in total. The number of para-hydroxylation sites is 1. The SMILES string of the molecule is Cc1nn(CC(C)C)c(C)c1CC(=O)N(C)Cc1c(C)nn(-c2ccccc2)c1C. The lowest BCUT2D eigenvalue weighted by Crippen LogP contribution is -2.28. The van der Waals surface area contributed by atoms with Crippen LogP contribution in [0.5, 0.6) is 0 Å². The molecule has 0 aliphatic rings. The van der Waals surface area contributed by atoms with Crippen LogP contribution < -0.4 is 0 Å². The number of aromatic nitrogens is 4. The predicted octanol–water partition coefficient (Wildman–Crippen LogP) is 4.16. The van der Waals surface area contributed by atoms with Crippen molar-refractivity contribution < 1.29 is 4.79 Å². The third kappa shape index (κ3) is 4.48. The van der Waals surface area contributed by atoms with Gasteiger partial charge in [-0.1, -0.05) is 32.0 Å². The van der Waals surface area contributed by atoms with E-state index < -0.39 is 0 Å². The van der Waals surface area contributed by atoms with Gasteiger partial charge < -0.3 is 4.90 Å². The zero-order chi connectivity index (χ0) is 22.0. The van der Waals surface area contributed by atoms with Crippen molar-refractivity contribution in [3.63, 3.8) is 0 Å². The van der Waals surface area contributed by atoms with Gasteiger partial charge >= 0.3 is 0 Å². The van der Waals surface area contributed by atoms with Gasteiger partial charge in [-0.3, -0.25) is 9.48 Å². The molecule has 0 saturated carbocycles. The van der Waals surface area contributed by atoms with Gasteiger partial charge in [0, 0.05) is 42.7 Å². The lowest BCUT2D eigenvalue weighted by Gasteiger charge is -2.18. The van der Waals surface area contributed by atoms with Crippen molar-refractivity contribution in [3.8, 4) is 5.69 Å². The summed E-state index contributed by atoms with van der Waals surface area (Å²) in [5.41, 5.74) is 7.22. The molecule has 2 aromatic heterocycles. The van der Waals surface area contributed by atoms with E-state index in [0.29, 0.717) is 18.9 Å². The molecule has 0 radical (unpaired) electrons. The number of amides is 1. The molecule has 0 spiro atoms. The first kappa shape index (κ1) is 21.8. The van der Waals surface area contributed by atoms with Crippen LogP contribution in [0.4, 0.5) is 0 Å². The predicted molar refractivity (Wildman–Crippen MR) is 120 cm³/mol. The molecule has 0 unspecified atom stereocenters. The first-order chi connectivity index (χ1) is 14.2. The maximum Gasteiger partial charge on any atom is 0.227 e. The molecule has 0 fully saturated rings. The Hall–Kier alpha value is -2.89. The summed E-state index contributed by atoms with van der Waals surface area (Å²) in [5, 5.41) is 9.35. The third-order valence-electron chi connectivity index (χ3n) is 5.66. The summed E-state index contributed by atoms with van der Waals surface area (Å²) in [6.07, 6.45) is 0.372. The maximum absolute atomic E-state index is 13.0. The molecule has 30 heavy (non-hydrogen) atoms. The van der Waals surface area contributed by atoms with E-state index in [-0.39, 0.29) is 5.91 Å². The van der Waals surface area contributed by atoms with Gasteiger partial charge in [-0.25, -0.2) is 4.68 Å². The Morgan fingerprint density at radius 1 is 0.967 bits per heavy atom. The monoisotopic (exact) mass is 407 g/mol. The van der Waals surface area contributed by atoms with Crippen molar-refractivity contribution in [2.45, 2.75) is 61.1 Å². The van der Waals surface area contributed by atoms with E-state index in [1.807, 2.05) is 60.6 Å². The second-order valence-corrected chi connectivity index (χ2v) is 8.55. The highest BCUT2D eigenvalue weighted by atomic mass is 16.2. The van der Waals surface area contributed by atoms with Crippen molar-refractivity contribution in [1.29, 1.82) is 0 Å². The molecule has 6 nitrogen and oxygen atoms in total. The van der Waals surface area contributed by atoms with Gasteiger partial charge in [0.1, 0.15) is 0 Å². The third-order valence-corrected chi connectivity index (χ3v) is 5.66. The normalized spacial score (nSPS) is 11.3. The number of rotatable bonds is 7. The lowest BCUT2D eigenvalue weighted by atomic mass is 10.1. The number of nitrogens with zero attached hydrogens (tertiary/aromatic N) is 5. The Balaban J connectivity index is 1.76. The molecule has 1 amide bonds. The van der Waals surface area contributed by atoms with Gasteiger partial charge in [0.05, 0.1) is 23.5 Å². The smallest absolute Gasteiger partial charge is 0.227 e. The van der Waals surface area contributed by atoms with E-state index in [0.717, 1.165) is 46.1 Å². The van der Waals surface area contributed by atoms with E-state index in [1.54, 1.807) is 4.90 Å². The van der Waals surface area contributed by atoms with Gasteiger partial charge in [-0.05, 0) is 45.7 Å². The first-order valence-electron chi connectivity index (χ1n) is 10.6. The van der Waals surface area contributed by atoms with Crippen molar-refractivity contribution in [2.75, 3.05) is 7.05 Å². The minimum absolute atomic E-state index is 0.0940. The number of benzene rings is 1. The Bertz CT molecular complexity index is 1030. The molecule has 0 aliphatic carbocycles.